The molecule has 0 aliphatic carbocycles. The zero-order valence-corrected chi connectivity index (χ0v) is 35.8. The van der Waals surface area contributed by atoms with E-state index in [2.05, 4.69) is 0 Å². The summed E-state index contributed by atoms with van der Waals surface area (Å²) < 4.78 is 57.2. The molecule has 4 heterocycles. The van der Waals surface area contributed by atoms with Crippen LogP contribution >= 0.6 is 0 Å². The molecule has 4 rings (SSSR count). The molecule has 0 radical (unpaired) electrons. The van der Waals surface area contributed by atoms with Crippen LogP contribution in [0.3, 0.4) is 0 Å². The summed E-state index contributed by atoms with van der Waals surface area (Å²) in [7, 11) is 7.02. The van der Waals surface area contributed by atoms with Crippen molar-refractivity contribution in [3.05, 3.63) is 11.6 Å². The Hall–Kier alpha value is -2.01. The molecule has 3 fully saturated rings. The summed E-state index contributed by atoms with van der Waals surface area (Å²) in [6.07, 6.45) is -3.35. The highest BCUT2D eigenvalue weighted by molar-refractivity contribution is 5.96. The summed E-state index contributed by atoms with van der Waals surface area (Å²) >= 11 is 0. The third-order valence-corrected chi connectivity index (χ3v) is 12.8. The van der Waals surface area contributed by atoms with Crippen LogP contribution in [0.1, 0.15) is 102 Å². The lowest BCUT2D eigenvalue weighted by Gasteiger charge is -2.50. The van der Waals surface area contributed by atoms with Gasteiger partial charge in [-0.1, -0.05) is 20.8 Å². The first kappa shape index (κ1) is 45.7. The van der Waals surface area contributed by atoms with E-state index >= 15 is 0 Å². The highest BCUT2D eigenvalue weighted by atomic mass is 16.7. The first-order valence-electron chi connectivity index (χ1n) is 19.9. The average Bonchev–Trinajstić information content (AvgIpc) is 3.92. The van der Waals surface area contributed by atoms with Crippen molar-refractivity contribution < 1.29 is 62.1 Å². The predicted molar refractivity (Wildman–Crippen MR) is 202 cm³/mol. The molecule has 4 aliphatic heterocycles. The van der Waals surface area contributed by atoms with Crippen molar-refractivity contribution in [1.29, 1.82) is 0 Å². The molecule has 3 saturated heterocycles. The van der Waals surface area contributed by atoms with Gasteiger partial charge in [0, 0.05) is 39.4 Å². The number of hydrogen-bond acceptors (Lipinski definition) is 14. The van der Waals surface area contributed by atoms with Gasteiger partial charge in [0.05, 0.1) is 48.6 Å². The van der Waals surface area contributed by atoms with E-state index in [0.29, 0.717) is 25.0 Å². The summed E-state index contributed by atoms with van der Waals surface area (Å²) in [4.78, 5) is 42.8. The highest BCUT2D eigenvalue weighted by Gasteiger charge is 2.67. The zero-order valence-electron chi connectivity index (χ0n) is 35.8. The maximum absolute atomic E-state index is 14.3. The van der Waals surface area contributed by atoms with Gasteiger partial charge < -0.3 is 52.6 Å². The van der Waals surface area contributed by atoms with Crippen molar-refractivity contribution in [2.75, 3.05) is 34.9 Å². The van der Waals surface area contributed by atoms with Gasteiger partial charge in [-0.15, -0.1) is 0 Å². The topological polar surface area (TPSA) is 161 Å². The van der Waals surface area contributed by atoms with Crippen LogP contribution in [-0.4, -0.2) is 140 Å². The Kier molecular flexibility index (Phi) is 14.5. The molecule has 316 valence electrons. The van der Waals surface area contributed by atoms with Gasteiger partial charge in [-0.2, -0.15) is 0 Å². The zero-order chi connectivity index (χ0) is 41.4. The number of nitrogens with zero attached hydrogens (tertiary/aromatic N) is 1. The molecule has 0 aromatic rings. The molecule has 0 saturated carbocycles. The number of methoxy groups -OCH3 is 2. The van der Waals surface area contributed by atoms with Gasteiger partial charge in [0.2, 0.25) is 0 Å². The number of carbonyl (C=O) groups excluding carboxylic acids is 3. The lowest BCUT2D eigenvalue weighted by Crippen LogP contribution is -2.62. The number of allylic oxidation sites excluding steroid dienone is 1. The molecule has 4 aliphatic rings. The van der Waals surface area contributed by atoms with Crippen LogP contribution in [-0.2, 0) is 57.0 Å². The number of ether oxygens (including phenoxy) is 9. The fourth-order valence-electron chi connectivity index (χ4n) is 9.24. The quantitative estimate of drug-likeness (QED) is 0.259. The lowest BCUT2D eigenvalue weighted by atomic mass is 9.76. The summed E-state index contributed by atoms with van der Waals surface area (Å²) in [5.41, 5.74) is -3.89. The molecule has 14 nitrogen and oxygen atoms in total. The number of cyclic esters (lactones) is 1. The van der Waals surface area contributed by atoms with E-state index in [1.54, 1.807) is 28.1 Å². The summed E-state index contributed by atoms with van der Waals surface area (Å²) in [5.74, 6) is -3.50. The number of ketones is 1. The highest BCUT2D eigenvalue weighted by Crippen LogP contribution is 2.51. The molecular weight excluding hydrogens is 714 g/mol. The Morgan fingerprint density at radius 2 is 1.62 bits per heavy atom. The lowest BCUT2D eigenvalue weighted by molar-refractivity contribution is -0.317. The summed E-state index contributed by atoms with van der Waals surface area (Å²) in [6, 6.07) is -0.242. The standard InChI is InChI=1S/C41H69NO13/c1-16-30-38(9,46)18-22(2)32(44)23(3)19-39(10,47-14)35(55-37-34(52-28(8)43)29(42(12)13)17-24(4)50-37)25(5)33(26(6)36(45)53-30)54-31-20-40(11,48-15)41(21-49-41)27(7)51-31/h18,23-27,29-31,33-35,37,46H,16-17,19-21H2,1-15H3/b22-18+/t23-,24-,25+,26-,27+,29+,30-,31+,33+,34-,35-,37+,38+,39+,40-,41-/m1/s1. The van der Waals surface area contributed by atoms with E-state index < -0.39 is 95.2 Å². The van der Waals surface area contributed by atoms with Crippen LogP contribution in [0, 0.1) is 17.8 Å². The number of carbonyl (C=O) groups is 3. The van der Waals surface area contributed by atoms with Crippen molar-refractivity contribution >= 4 is 17.7 Å². The fourth-order valence-corrected chi connectivity index (χ4v) is 9.24. The van der Waals surface area contributed by atoms with Gasteiger partial charge in [-0.3, -0.25) is 14.4 Å². The molecule has 16 atom stereocenters. The third-order valence-electron chi connectivity index (χ3n) is 12.8. The first-order chi connectivity index (χ1) is 25.5. The van der Waals surface area contributed by atoms with Gasteiger partial charge in [0.25, 0.3) is 0 Å². The van der Waals surface area contributed by atoms with Crippen molar-refractivity contribution in [3.8, 4) is 0 Å². The van der Waals surface area contributed by atoms with Crippen LogP contribution in [0.4, 0.5) is 0 Å². The van der Waals surface area contributed by atoms with Gasteiger partial charge in [0.15, 0.2) is 24.5 Å². The van der Waals surface area contributed by atoms with E-state index in [0.717, 1.165) is 0 Å². The number of Topliss-reactive ketones (excluding diaryl/α,β-unsaturated/α-hetero) is 1. The SMILES string of the molecule is CC[C@H]1OC(=O)[C@H](C)[C@@H](O[C@H]2C[C@@](C)(OC)[C@@]3(CO3)[C@H](C)O2)[C@H](C)[C@@H](O[C@@H]2O[C@H](C)C[C@H](N(C)C)[C@H]2OC(C)=O)[C@@](C)(OC)C[C@@H](C)C(=O)/C(C)=C/[C@]1(C)O. The van der Waals surface area contributed by atoms with Crippen molar-refractivity contribution in [2.45, 2.75) is 179 Å². The molecular formula is C41H69NO13. The normalized spacial score (nSPS) is 47.1. The molecule has 55 heavy (non-hydrogen) atoms. The van der Waals surface area contributed by atoms with Crippen LogP contribution in [0.15, 0.2) is 11.6 Å². The number of rotatable bonds is 9. The summed E-state index contributed by atoms with van der Waals surface area (Å²) in [6.45, 7) is 20.0. The average molecular weight is 784 g/mol. The number of epoxide rings is 1. The van der Waals surface area contributed by atoms with Crippen molar-refractivity contribution in [2.24, 2.45) is 17.8 Å². The van der Waals surface area contributed by atoms with Gasteiger partial charge in [-0.25, -0.2) is 0 Å². The maximum atomic E-state index is 14.3. The number of hydrogen-bond donors (Lipinski definition) is 1. The Bertz CT molecular complexity index is 1400. The Morgan fingerprint density at radius 1 is 0.982 bits per heavy atom. The van der Waals surface area contributed by atoms with Crippen LogP contribution in [0.2, 0.25) is 0 Å². The third kappa shape index (κ3) is 9.49. The van der Waals surface area contributed by atoms with E-state index in [9.17, 15) is 19.5 Å². The number of likely N-dealkylation sites (N-methyl/N-ethyl adjacent to an activating group) is 1. The molecule has 0 amide bonds. The molecule has 0 aromatic carbocycles. The summed E-state index contributed by atoms with van der Waals surface area (Å²) in [5, 5.41) is 11.6. The number of esters is 2. The first-order valence-corrected chi connectivity index (χ1v) is 19.9. The minimum atomic E-state index is -1.64. The largest absolute Gasteiger partial charge is 0.459 e. The van der Waals surface area contributed by atoms with E-state index in [1.807, 2.05) is 67.5 Å². The van der Waals surface area contributed by atoms with Gasteiger partial charge in [-0.05, 0) is 93.5 Å². The second kappa shape index (κ2) is 17.5. The Labute approximate surface area is 328 Å². The van der Waals surface area contributed by atoms with Crippen LogP contribution in [0.25, 0.3) is 0 Å². The van der Waals surface area contributed by atoms with Crippen molar-refractivity contribution in [3.63, 3.8) is 0 Å². The van der Waals surface area contributed by atoms with Crippen molar-refractivity contribution in [1.82, 2.24) is 4.90 Å². The molecule has 14 heteroatoms. The minimum Gasteiger partial charge on any atom is -0.459 e. The predicted octanol–water partition coefficient (Wildman–Crippen LogP) is 4.37. The van der Waals surface area contributed by atoms with Crippen LogP contribution in [0.5, 0.6) is 0 Å². The second-order valence-electron chi connectivity index (χ2n) is 17.4. The van der Waals surface area contributed by atoms with Gasteiger partial charge in [0.1, 0.15) is 22.9 Å². The smallest absolute Gasteiger partial charge is 0.311 e. The minimum absolute atomic E-state index is 0.184. The molecule has 0 bridgehead atoms. The fraction of sp³-hybridized carbons (Fsp3) is 0.878. The molecule has 0 unspecified atom stereocenters. The van der Waals surface area contributed by atoms with E-state index in [4.69, 9.17) is 42.6 Å². The molecule has 1 N–H and O–H groups in total. The number of aliphatic hydroxyl groups is 1. The molecule has 0 aromatic heterocycles. The Morgan fingerprint density at radius 3 is 2.15 bits per heavy atom. The molecule has 1 spiro atoms. The van der Waals surface area contributed by atoms with Crippen LogP contribution < -0.4 is 0 Å². The van der Waals surface area contributed by atoms with Gasteiger partial charge >= 0.3 is 11.9 Å². The Balaban J connectivity index is 1.88. The van der Waals surface area contributed by atoms with E-state index in [-0.39, 0.29) is 30.8 Å². The second-order valence-corrected chi connectivity index (χ2v) is 17.4. The van der Waals surface area contributed by atoms with E-state index in [1.165, 1.54) is 19.9 Å². The monoisotopic (exact) mass is 783 g/mol. The maximum Gasteiger partial charge on any atom is 0.311 e.